The summed E-state index contributed by atoms with van der Waals surface area (Å²) >= 11 is 0. The van der Waals surface area contributed by atoms with Crippen molar-refractivity contribution in [2.24, 2.45) is 5.73 Å². The molecular formula is C6H13F3N2. The molecule has 0 aliphatic carbocycles. The van der Waals surface area contributed by atoms with Gasteiger partial charge in [-0.25, -0.2) is 13.2 Å². The van der Waals surface area contributed by atoms with Gasteiger partial charge in [-0.15, -0.1) is 0 Å². The van der Waals surface area contributed by atoms with E-state index in [0.29, 0.717) is 6.54 Å². The largest absolute Gasteiger partial charge is 0.329 e. The van der Waals surface area contributed by atoms with Gasteiger partial charge in [0.05, 0.1) is 6.54 Å². The number of nitrogens with zero attached hydrogens (tertiary/aromatic N) is 1. The van der Waals surface area contributed by atoms with Gasteiger partial charge in [0.1, 0.15) is 6.67 Å². The van der Waals surface area contributed by atoms with Crippen molar-refractivity contribution in [1.82, 2.24) is 4.90 Å². The minimum Gasteiger partial charge on any atom is -0.329 e. The topological polar surface area (TPSA) is 29.3 Å². The molecule has 0 spiro atoms. The number of hydrogen-bond acceptors (Lipinski definition) is 2. The molecule has 2 nitrogen and oxygen atoms in total. The predicted molar refractivity (Wildman–Crippen MR) is 37.5 cm³/mol. The van der Waals surface area contributed by atoms with Crippen LogP contribution in [0.3, 0.4) is 0 Å². The second kappa shape index (κ2) is 6.42. The van der Waals surface area contributed by atoms with E-state index in [1.807, 2.05) is 0 Å². The number of rotatable bonds is 6. The van der Waals surface area contributed by atoms with Gasteiger partial charge in [0.15, 0.2) is 0 Å². The molecule has 0 aromatic rings. The van der Waals surface area contributed by atoms with E-state index in [2.05, 4.69) is 0 Å². The first-order chi connectivity index (χ1) is 5.20. The summed E-state index contributed by atoms with van der Waals surface area (Å²) in [6.07, 6.45) is -2.41. The predicted octanol–water partition coefficient (Wildman–Crippen LogP) is 0.482. The fraction of sp³-hybridized carbons (Fsp3) is 1.00. The zero-order chi connectivity index (χ0) is 8.69. The lowest BCUT2D eigenvalue weighted by Gasteiger charge is -2.18. The molecule has 5 heteroatoms. The zero-order valence-corrected chi connectivity index (χ0v) is 6.27. The molecule has 0 amide bonds. The molecule has 0 aliphatic rings. The van der Waals surface area contributed by atoms with Gasteiger partial charge in [0.25, 0.3) is 6.43 Å². The van der Waals surface area contributed by atoms with Crippen molar-refractivity contribution in [3.63, 3.8) is 0 Å². The summed E-state index contributed by atoms with van der Waals surface area (Å²) in [5, 5.41) is 0. The third-order valence-corrected chi connectivity index (χ3v) is 1.24. The number of halogens is 3. The van der Waals surface area contributed by atoms with Crippen molar-refractivity contribution >= 4 is 0 Å². The molecule has 0 fully saturated rings. The second-order valence-corrected chi connectivity index (χ2v) is 2.17. The molecule has 0 unspecified atom stereocenters. The monoisotopic (exact) mass is 170 g/mol. The van der Waals surface area contributed by atoms with Gasteiger partial charge in [-0.05, 0) is 0 Å². The molecule has 0 bridgehead atoms. The first-order valence-corrected chi connectivity index (χ1v) is 3.47. The van der Waals surface area contributed by atoms with Crippen molar-refractivity contribution in [3.8, 4) is 0 Å². The van der Waals surface area contributed by atoms with Crippen LogP contribution in [0.15, 0.2) is 0 Å². The number of hydrogen-bond donors (Lipinski definition) is 1. The van der Waals surface area contributed by atoms with Crippen LogP contribution >= 0.6 is 0 Å². The maximum Gasteiger partial charge on any atom is 0.251 e. The van der Waals surface area contributed by atoms with E-state index in [1.165, 1.54) is 4.90 Å². The third kappa shape index (κ3) is 6.12. The lowest BCUT2D eigenvalue weighted by molar-refractivity contribution is 0.0866. The van der Waals surface area contributed by atoms with E-state index < -0.39 is 13.1 Å². The van der Waals surface area contributed by atoms with Crippen molar-refractivity contribution in [2.75, 3.05) is 32.9 Å². The highest BCUT2D eigenvalue weighted by atomic mass is 19.3. The minimum absolute atomic E-state index is 0.0432. The Kier molecular flexibility index (Phi) is 6.25. The van der Waals surface area contributed by atoms with Gasteiger partial charge >= 0.3 is 0 Å². The van der Waals surface area contributed by atoms with Crippen molar-refractivity contribution < 1.29 is 13.2 Å². The van der Waals surface area contributed by atoms with Crippen LogP contribution in [-0.2, 0) is 0 Å². The molecule has 0 heterocycles. The average molecular weight is 170 g/mol. The quantitative estimate of drug-likeness (QED) is 0.628. The van der Waals surface area contributed by atoms with E-state index >= 15 is 0 Å². The summed E-state index contributed by atoms with van der Waals surface area (Å²) in [5.74, 6) is 0. The Hall–Kier alpha value is -0.290. The van der Waals surface area contributed by atoms with Crippen LogP contribution < -0.4 is 5.73 Å². The molecule has 2 N–H and O–H groups in total. The van der Waals surface area contributed by atoms with Gasteiger partial charge < -0.3 is 5.73 Å². The molecule has 0 aromatic heterocycles. The molecule has 11 heavy (non-hydrogen) atoms. The van der Waals surface area contributed by atoms with Gasteiger partial charge in [-0.2, -0.15) is 0 Å². The van der Waals surface area contributed by atoms with Crippen LogP contribution in [-0.4, -0.2) is 44.2 Å². The summed E-state index contributed by atoms with van der Waals surface area (Å²) in [4.78, 5) is 1.31. The molecular weight excluding hydrogens is 157 g/mol. The maximum absolute atomic E-state index is 11.7. The standard InChI is InChI=1S/C6H13F3N2/c7-1-3-11(4-2-10)5-6(8)9/h6H,1-5,10H2. The Balaban J connectivity index is 3.50. The van der Waals surface area contributed by atoms with Crippen LogP contribution in [0.5, 0.6) is 0 Å². The van der Waals surface area contributed by atoms with E-state index in [-0.39, 0.29) is 19.6 Å². The summed E-state index contributed by atoms with van der Waals surface area (Å²) in [5.41, 5.74) is 5.13. The van der Waals surface area contributed by atoms with Crippen LogP contribution in [0.25, 0.3) is 0 Å². The highest BCUT2D eigenvalue weighted by molar-refractivity contribution is 4.58. The Bertz CT molecular complexity index is 83.9. The third-order valence-electron chi connectivity index (χ3n) is 1.24. The van der Waals surface area contributed by atoms with Crippen molar-refractivity contribution in [1.29, 1.82) is 0 Å². The van der Waals surface area contributed by atoms with Crippen LogP contribution in [0, 0.1) is 0 Å². The summed E-state index contributed by atoms with van der Waals surface area (Å²) in [6.45, 7) is -0.337. The van der Waals surface area contributed by atoms with Crippen LogP contribution in [0.1, 0.15) is 0 Å². The Morgan fingerprint density at radius 1 is 1.27 bits per heavy atom. The van der Waals surface area contributed by atoms with Crippen molar-refractivity contribution in [2.45, 2.75) is 6.43 Å². The lowest BCUT2D eigenvalue weighted by Crippen LogP contribution is -2.35. The van der Waals surface area contributed by atoms with Gasteiger partial charge in [-0.3, -0.25) is 4.90 Å². The smallest absolute Gasteiger partial charge is 0.251 e. The van der Waals surface area contributed by atoms with Crippen LogP contribution in [0.4, 0.5) is 13.2 Å². The van der Waals surface area contributed by atoms with Crippen LogP contribution in [0.2, 0.25) is 0 Å². The first kappa shape index (κ1) is 10.7. The second-order valence-electron chi connectivity index (χ2n) is 2.17. The van der Waals surface area contributed by atoms with Gasteiger partial charge in [0.2, 0.25) is 0 Å². The Labute approximate surface area is 64.2 Å². The molecule has 0 aromatic carbocycles. The molecule has 0 rings (SSSR count). The van der Waals surface area contributed by atoms with E-state index in [4.69, 9.17) is 5.73 Å². The van der Waals surface area contributed by atoms with E-state index in [9.17, 15) is 13.2 Å². The normalized spacial score (nSPS) is 11.5. The minimum atomic E-state index is -2.41. The molecule has 0 atom stereocenters. The van der Waals surface area contributed by atoms with Crippen molar-refractivity contribution in [3.05, 3.63) is 0 Å². The Morgan fingerprint density at radius 3 is 2.27 bits per heavy atom. The summed E-state index contributed by atoms with van der Waals surface area (Å²) < 4.78 is 35.1. The molecule has 0 radical (unpaired) electrons. The average Bonchev–Trinajstić information content (AvgIpc) is 1.87. The van der Waals surface area contributed by atoms with E-state index in [0.717, 1.165) is 0 Å². The van der Waals surface area contributed by atoms with E-state index in [1.54, 1.807) is 0 Å². The Morgan fingerprint density at radius 2 is 1.91 bits per heavy atom. The van der Waals surface area contributed by atoms with Gasteiger partial charge in [-0.1, -0.05) is 0 Å². The molecule has 0 saturated carbocycles. The zero-order valence-electron chi connectivity index (χ0n) is 6.27. The lowest BCUT2D eigenvalue weighted by atomic mass is 10.4. The van der Waals surface area contributed by atoms with Gasteiger partial charge in [0, 0.05) is 19.6 Å². The SMILES string of the molecule is NCCN(CCF)CC(F)F. The summed E-state index contributed by atoms with van der Waals surface area (Å²) in [7, 11) is 0. The fourth-order valence-corrected chi connectivity index (χ4v) is 0.792. The number of alkyl halides is 3. The molecule has 0 aliphatic heterocycles. The number of nitrogens with two attached hydrogens (primary N) is 1. The highest BCUT2D eigenvalue weighted by Crippen LogP contribution is 1.97. The maximum atomic E-state index is 11.7. The summed E-state index contributed by atoms with van der Waals surface area (Å²) in [6, 6.07) is 0. The highest BCUT2D eigenvalue weighted by Gasteiger charge is 2.09. The first-order valence-electron chi connectivity index (χ1n) is 3.47. The molecule has 0 saturated heterocycles. The molecule has 68 valence electrons. The fourth-order valence-electron chi connectivity index (χ4n) is 0.792.